The first kappa shape index (κ1) is 21.1. The molecule has 0 aromatic heterocycles. The second-order valence-electron chi connectivity index (χ2n) is 7.01. The first-order valence-corrected chi connectivity index (χ1v) is 11.0. The highest BCUT2D eigenvalue weighted by Gasteiger charge is 2.30. The second-order valence-corrected chi connectivity index (χ2v) is 8.90. The van der Waals surface area contributed by atoms with Crippen LogP contribution in [0.3, 0.4) is 0 Å². The number of amides is 1. The van der Waals surface area contributed by atoms with Crippen molar-refractivity contribution in [1.82, 2.24) is 4.31 Å². The lowest BCUT2D eigenvalue weighted by Gasteiger charge is -2.32. The van der Waals surface area contributed by atoms with E-state index >= 15 is 0 Å². The maximum Gasteiger partial charge on any atom is 0.255 e. The Kier molecular flexibility index (Phi) is 6.44. The predicted octanol–water partition coefficient (Wildman–Crippen LogP) is 3.52. The molecule has 1 aliphatic rings. The minimum atomic E-state index is -3.57. The molecule has 0 spiro atoms. The number of nitrogens with one attached hydrogen (secondary N) is 1. The number of hydrogen-bond donors (Lipinski definition) is 1. The van der Waals surface area contributed by atoms with Crippen LogP contribution in [0.15, 0.2) is 47.4 Å². The zero-order chi connectivity index (χ0) is 21.0. The summed E-state index contributed by atoms with van der Waals surface area (Å²) >= 11 is 0. The van der Waals surface area contributed by atoms with Gasteiger partial charge in [-0.2, -0.15) is 4.31 Å². The highest BCUT2D eigenvalue weighted by atomic mass is 32.2. The second kappa shape index (κ2) is 8.84. The van der Waals surface area contributed by atoms with Crippen LogP contribution >= 0.6 is 0 Å². The Morgan fingerprint density at radius 1 is 1.07 bits per heavy atom. The number of hydrogen-bond acceptors (Lipinski definition) is 5. The number of ether oxygens (including phenoxy) is 2. The number of rotatable bonds is 6. The molecule has 1 fully saturated rings. The average molecular weight is 419 g/mol. The van der Waals surface area contributed by atoms with E-state index in [9.17, 15) is 13.2 Å². The fraction of sp³-hybridized carbons (Fsp3) is 0.381. The molecule has 3 rings (SSSR count). The van der Waals surface area contributed by atoms with E-state index in [4.69, 9.17) is 9.47 Å². The van der Waals surface area contributed by atoms with E-state index in [1.165, 1.54) is 38.5 Å². The lowest BCUT2D eigenvalue weighted by atomic mass is 10.1. The van der Waals surface area contributed by atoms with Gasteiger partial charge in [0.2, 0.25) is 10.0 Å². The lowest BCUT2D eigenvalue weighted by molar-refractivity contribution is 0.102. The molecule has 0 aliphatic carbocycles. The van der Waals surface area contributed by atoms with Crippen LogP contribution in [0.25, 0.3) is 0 Å². The summed E-state index contributed by atoms with van der Waals surface area (Å²) in [6, 6.07) is 11.1. The van der Waals surface area contributed by atoms with Crippen molar-refractivity contribution in [1.29, 1.82) is 0 Å². The molecule has 0 radical (unpaired) electrons. The van der Waals surface area contributed by atoms with Gasteiger partial charge in [0, 0.05) is 24.2 Å². The Bertz CT molecular complexity index is 973. The number of methoxy groups -OCH3 is 2. The van der Waals surface area contributed by atoms with Crippen molar-refractivity contribution in [2.24, 2.45) is 0 Å². The lowest BCUT2D eigenvalue weighted by Crippen LogP contribution is -2.41. The molecule has 1 atom stereocenters. The van der Waals surface area contributed by atoms with Crippen LogP contribution in [0.2, 0.25) is 0 Å². The Balaban J connectivity index is 1.79. The monoisotopic (exact) mass is 418 g/mol. The van der Waals surface area contributed by atoms with E-state index in [1.807, 2.05) is 6.92 Å². The van der Waals surface area contributed by atoms with Crippen molar-refractivity contribution in [2.75, 3.05) is 26.1 Å². The highest BCUT2D eigenvalue weighted by Crippen LogP contribution is 2.30. The Hall–Kier alpha value is -2.58. The van der Waals surface area contributed by atoms with Gasteiger partial charge in [0.15, 0.2) is 0 Å². The fourth-order valence-corrected chi connectivity index (χ4v) is 5.15. The largest absolute Gasteiger partial charge is 0.497 e. The summed E-state index contributed by atoms with van der Waals surface area (Å²) < 4.78 is 37.8. The number of sulfonamides is 1. The van der Waals surface area contributed by atoms with Crippen molar-refractivity contribution in [3.8, 4) is 11.5 Å². The molecule has 156 valence electrons. The van der Waals surface area contributed by atoms with Gasteiger partial charge in [-0.15, -0.1) is 0 Å². The molecule has 8 heteroatoms. The zero-order valence-corrected chi connectivity index (χ0v) is 17.7. The van der Waals surface area contributed by atoms with Crippen molar-refractivity contribution in [3.05, 3.63) is 48.0 Å². The van der Waals surface area contributed by atoms with Crippen molar-refractivity contribution >= 4 is 21.6 Å². The Labute approximate surface area is 171 Å². The van der Waals surface area contributed by atoms with Crippen molar-refractivity contribution in [2.45, 2.75) is 37.1 Å². The third-order valence-corrected chi connectivity index (χ3v) is 7.15. The van der Waals surface area contributed by atoms with Gasteiger partial charge in [0.05, 0.1) is 24.8 Å². The molecule has 2 aromatic rings. The first-order chi connectivity index (χ1) is 13.9. The van der Waals surface area contributed by atoms with E-state index in [2.05, 4.69) is 5.32 Å². The van der Waals surface area contributed by atoms with Gasteiger partial charge in [-0.1, -0.05) is 6.42 Å². The quantitative estimate of drug-likeness (QED) is 0.776. The number of nitrogens with zero attached hydrogens (tertiary/aromatic N) is 1. The maximum atomic E-state index is 12.9. The van der Waals surface area contributed by atoms with Gasteiger partial charge in [-0.3, -0.25) is 4.79 Å². The normalized spacial score (nSPS) is 17.6. The van der Waals surface area contributed by atoms with Crippen LogP contribution in [0, 0.1) is 0 Å². The molecule has 0 bridgehead atoms. The standard InChI is InChI=1S/C21H26N2O5S/c1-15-6-4-5-13-23(15)29(25,26)18-10-7-16(8-11-18)21(24)22-19-14-17(27-2)9-12-20(19)28-3/h7-12,14-15H,4-6,13H2,1-3H3,(H,22,24)/t15-/m0/s1. The molecule has 29 heavy (non-hydrogen) atoms. The van der Waals surface area contributed by atoms with Gasteiger partial charge in [0.1, 0.15) is 11.5 Å². The molecule has 1 heterocycles. The molecule has 1 saturated heterocycles. The Morgan fingerprint density at radius 3 is 2.41 bits per heavy atom. The van der Waals surface area contributed by atoms with Crippen LogP contribution in [-0.4, -0.2) is 45.4 Å². The van der Waals surface area contributed by atoms with Crippen LogP contribution < -0.4 is 14.8 Å². The minimum absolute atomic E-state index is 0.0164. The zero-order valence-electron chi connectivity index (χ0n) is 16.8. The number of piperidine rings is 1. The Morgan fingerprint density at radius 2 is 1.79 bits per heavy atom. The van der Waals surface area contributed by atoms with Crippen LogP contribution in [0.1, 0.15) is 36.5 Å². The first-order valence-electron chi connectivity index (χ1n) is 9.52. The molecule has 1 N–H and O–H groups in total. The van der Waals surface area contributed by atoms with E-state index in [-0.39, 0.29) is 16.8 Å². The minimum Gasteiger partial charge on any atom is -0.497 e. The summed E-state index contributed by atoms with van der Waals surface area (Å²) in [4.78, 5) is 12.8. The summed E-state index contributed by atoms with van der Waals surface area (Å²) in [6.45, 7) is 2.46. The van der Waals surface area contributed by atoms with E-state index in [0.717, 1.165) is 19.3 Å². The van der Waals surface area contributed by atoms with E-state index in [1.54, 1.807) is 22.5 Å². The highest BCUT2D eigenvalue weighted by molar-refractivity contribution is 7.89. The molecule has 0 unspecified atom stereocenters. The van der Waals surface area contributed by atoms with Gasteiger partial charge >= 0.3 is 0 Å². The molecule has 1 amide bonds. The summed E-state index contributed by atoms with van der Waals surface area (Å²) in [6.07, 6.45) is 2.77. The molecule has 7 nitrogen and oxygen atoms in total. The van der Waals surface area contributed by atoms with Gasteiger partial charge in [-0.25, -0.2) is 8.42 Å². The van der Waals surface area contributed by atoms with Gasteiger partial charge < -0.3 is 14.8 Å². The maximum absolute atomic E-state index is 12.9. The third kappa shape index (κ3) is 4.54. The molecular weight excluding hydrogens is 392 g/mol. The molecule has 1 aliphatic heterocycles. The smallest absolute Gasteiger partial charge is 0.255 e. The van der Waals surface area contributed by atoms with Gasteiger partial charge in [0.25, 0.3) is 5.91 Å². The summed E-state index contributed by atoms with van der Waals surface area (Å²) in [5.74, 6) is 0.711. The fourth-order valence-electron chi connectivity index (χ4n) is 3.45. The van der Waals surface area contributed by atoms with Crippen molar-refractivity contribution < 1.29 is 22.7 Å². The SMILES string of the molecule is COc1ccc(OC)c(NC(=O)c2ccc(S(=O)(=O)N3CCCC[C@@H]3C)cc2)c1. The number of carbonyl (C=O) groups excluding carboxylic acids is 1. The predicted molar refractivity (Wildman–Crippen MR) is 111 cm³/mol. The topological polar surface area (TPSA) is 84.9 Å². The third-order valence-electron chi connectivity index (χ3n) is 5.12. The number of anilines is 1. The molecular formula is C21H26N2O5S. The number of benzene rings is 2. The molecule has 2 aromatic carbocycles. The summed E-state index contributed by atoms with van der Waals surface area (Å²) in [5, 5.41) is 2.78. The average Bonchev–Trinajstić information content (AvgIpc) is 2.74. The molecule has 0 saturated carbocycles. The van der Waals surface area contributed by atoms with Crippen LogP contribution in [0.4, 0.5) is 5.69 Å². The van der Waals surface area contributed by atoms with Crippen LogP contribution in [0.5, 0.6) is 11.5 Å². The summed E-state index contributed by atoms with van der Waals surface area (Å²) in [7, 11) is -0.517. The summed E-state index contributed by atoms with van der Waals surface area (Å²) in [5.41, 5.74) is 0.816. The van der Waals surface area contributed by atoms with E-state index in [0.29, 0.717) is 29.3 Å². The van der Waals surface area contributed by atoms with Gasteiger partial charge in [-0.05, 0) is 56.2 Å². The van der Waals surface area contributed by atoms with E-state index < -0.39 is 10.0 Å². The van der Waals surface area contributed by atoms with Crippen LogP contribution in [-0.2, 0) is 10.0 Å². The van der Waals surface area contributed by atoms with Crippen molar-refractivity contribution in [3.63, 3.8) is 0 Å². The number of carbonyl (C=O) groups is 1.